The lowest BCUT2D eigenvalue weighted by molar-refractivity contribution is 0.182. The van der Waals surface area contributed by atoms with Crippen molar-refractivity contribution in [1.82, 2.24) is 4.98 Å². The number of nitrogens with one attached hydrogen (secondary N) is 1. The van der Waals surface area contributed by atoms with Crippen LogP contribution in [0, 0.1) is 4.91 Å². The fourth-order valence-electron chi connectivity index (χ4n) is 2.42. The Kier molecular flexibility index (Phi) is 2.42. The first kappa shape index (κ1) is 11.3. The summed E-state index contributed by atoms with van der Waals surface area (Å²) in [6, 6.07) is 1.87. The number of aliphatic hydroxyl groups is 1. The molecule has 0 saturated carbocycles. The normalized spacial score (nSPS) is 22.7. The first-order valence-electron chi connectivity index (χ1n) is 5.50. The van der Waals surface area contributed by atoms with Crippen LogP contribution in [0.15, 0.2) is 27.1 Å². The summed E-state index contributed by atoms with van der Waals surface area (Å²) in [7, 11) is 0. The number of aromatic amines is 1. The van der Waals surface area contributed by atoms with E-state index >= 15 is 0 Å². The lowest BCUT2D eigenvalue weighted by Gasteiger charge is -2.25. The Labute approximate surface area is 106 Å². The summed E-state index contributed by atoms with van der Waals surface area (Å²) in [5.41, 5.74) is 1.31. The third kappa shape index (κ3) is 1.39. The van der Waals surface area contributed by atoms with E-state index in [1.807, 2.05) is 18.4 Å². The molecule has 2 heterocycles. The van der Waals surface area contributed by atoms with E-state index in [2.05, 4.69) is 10.2 Å². The summed E-state index contributed by atoms with van der Waals surface area (Å²) < 4.78 is 0.642. The summed E-state index contributed by atoms with van der Waals surface area (Å²) in [4.78, 5) is 25.2. The highest BCUT2D eigenvalue weighted by atomic mass is 32.1. The molecule has 0 spiro atoms. The third-order valence-electron chi connectivity index (χ3n) is 3.33. The van der Waals surface area contributed by atoms with E-state index in [0.717, 1.165) is 10.9 Å². The van der Waals surface area contributed by atoms with E-state index in [9.17, 15) is 14.8 Å². The zero-order valence-electron chi connectivity index (χ0n) is 9.51. The van der Waals surface area contributed by atoms with Crippen LogP contribution in [-0.4, -0.2) is 16.2 Å². The highest BCUT2D eigenvalue weighted by molar-refractivity contribution is 7.17. The lowest BCUT2D eigenvalue weighted by atomic mass is 9.85. The number of fused-ring (bicyclic) bond motifs is 3. The Bertz CT molecular complexity index is 728. The predicted molar refractivity (Wildman–Crippen MR) is 70.6 cm³/mol. The van der Waals surface area contributed by atoms with Crippen LogP contribution in [0.25, 0.3) is 16.2 Å². The number of hydrogen-bond donors (Lipinski definition) is 2. The molecule has 2 aromatic rings. The van der Waals surface area contributed by atoms with Gasteiger partial charge in [0, 0.05) is 17.0 Å². The molecule has 18 heavy (non-hydrogen) atoms. The van der Waals surface area contributed by atoms with Gasteiger partial charge in [-0.3, -0.25) is 4.79 Å². The van der Waals surface area contributed by atoms with Crippen molar-refractivity contribution in [1.29, 1.82) is 0 Å². The average molecular weight is 262 g/mol. The molecule has 2 atom stereocenters. The van der Waals surface area contributed by atoms with Crippen molar-refractivity contribution in [2.45, 2.75) is 18.9 Å². The topological polar surface area (TPSA) is 82.5 Å². The van der Waals surface area contributed by atoms with Crippen LogP contribution in [0.3, 0.4) is 0 Å². The van der Waals surface area contributed by atoms with E-state index in [1.165, 1.54) is 17.4 Å². The number of nitroso groups, excluding NO2 is 1. The van der Waals surface area contributed by atoms with Crippen LogP contribution in [0.2, 0.25) is 0 Å². The molecular formula is C12H10N2O3S. The molecule has 2 unspecified atom stereocenters. The Morgan fingerprint density at radius 3 is 3.00 bits per heavy atom. The number of aliphatic hydroxyl groups excluding tert-OH is 1. The van der Waals surface area contributed by atoms with Gasteiger partial charge in [-0.25, -0.2) is 0 Å². The summed E-state index contributed by atoms with van der Waals surface area (Å²) in [6.45, 7) is 1.82. The lowest BCUT2D eigenvalue weighted by Crippen LogP contribution is -2.24. The molecule has 1 aliphatic carbocycles. The molecule has 0 aromatic carbocycles. The van der Waals surface area contributed by atoms with Crippen LogP contribution in [0.1, 0.15) is 24.1 Å². The molecule has 2 N–H and O–H groups in total. The van der Waals surface area contributed by atoms with Gasteiger partial charge in [-0.1, -0.05) is 6.92 Å². The maximum Gasteiger partial charge on any atom is 0.266 e. The van der Waals surface area contributed by atoms with Crippen molar-refractivity contribution in [3.63, 3.8) is 0 Å². The van der Waals surface area contributed by atoms with Gasteiger partial charge in [0.25, 0.3) is 5.56 Å². The van der Waals surface area contributed by atoms with Gasteiger partial charge in [-0.05, 0) is 28.3 Å². The quantitative estimate of drug-likeness (QED) is 0.773. The first-order chi connectivity index (χ1) is 8.63. The molecule has 5 nitrogen and oxygen atoms in total. The molecule has 0 fully saturated rings. The van der Waals surface area contributed by atoms with Gasteiger partial charge in [0.1, 0.15) is 11.8 Å². The number of H-pyrrole nitrogens is 1. The summed E-state index contributed by atoms with van der Waals surface area (Å²) >= 11 is 1.37. The van der Waals surface area contributed by atoms with Crippen molar-refractivity contribution in [3.05, 3.63) is 43.7 Å². The van der Waals surface area contributed by atoms with Crippen LogP contribution >= 0.6 is 11.3 Å². The Morgan fingerprint density at radius 1 is 1.50 bits per heavy atom. The summed E-state index contributed by atoms with van der Waals surface area (Å²) in [5.74, 6) is -0.272. The van der Waals surface area contributed by atoms with Crippen molar-refractivity contribution >= 4 is 27.5 Å². The number of pyridine rings is 1. The molecule has 0 saturated heterocycles. The molecule has 6 heteroatoms. The van der Waals surface area contributed by atoms with Crippen molar-refractivity contribution < 1.29 is 5.11 Å². The molecule has 2 aromatic heterocycles. The molecule has 0 aliphatic heterocycles. The fraction of sp³-hybridized carbons (Fsp3) is 0.250. The zero-order valence-corrected chi connectivity index (χ0v) is 10.3. The predicted octanol–water partition coefficient (Wildman–Crippen LogP) is 2.17. The maximum atomic E-state index is 11.8. The molecule has 0 amide bonds. The molecule has 1 aliphatic rings. The first-order valence-corrected chi connectivity index (χ1v) is 6.38. The second-order valence-electron chi connectivity index (χ2n) is 4.34. The highest BCUT2D eigenvalue weighted by Crippen LogP contribution is 2.37. The summed E-state index contributed by atoms with van der Waals surface area (Å²) in [6.07, 6.45) is 0.523. The van der Waals surface area contributed by atoms with Gasteiger partial charge < -0.3 is 10.1 Å². The van der Waals surface area contributed by atoms with E-state index < -0.39 is 6.10 Å². The molecule has 0 bridgehead atoms. The number of rotatable bonds is 1. The van der Waals surface area contributed by atoms with Crippen LogP contribution in [0.4, 0.5) is 0 Å². The minimum atomic E-state index is -0.927. The number of thiophene rings is 1. The van der Waals surface area contributed by atoms with Gasteiger partial charge in [-0.15, -0.1) is 16.2 Å². The average Bonchev–Trinajstić information content (AvgIpc) is 2.83. The third-order valence-corrected chi connectivity index (χ3v) is 4.24. The van der Waals surface area contributed by atoms with E-state index in [4.69, 9.17) is 0 Å². The standard InChI is InChI=1S/C12H10N2O3S/c1-5-9-6-2-3-18-11(6)12(16)13-7(9)4-8(14-17)10(5)15/h2-5,10,15H,1H3,(H,13,16). The van der Waals surface area contributed by atoms with Crippen molar-refractivity contribution in [2.75, 3.05) is 0 Å². The second-order valence-corrected chi connectivity index (χ2v) is 5.25. The SMILES string of the molecule is CC1c2c([nH]c(=O)c3sccc23)C=C(N=O)C1O. The van der Waals surface area contributed by atoms with Crippen molar-refractivity contribution in [2.24, 2.45) is 5.18 Å². The maximum absolute atomic E-state index is 11.8. The van der Waals surface area contributed by atoms with Gasteiger partial charge in [0.15, 0.2) is 0 Å². The van der Waals surface area contributed by atoms with Crippen LogP contribution in [0.5, 0.6) is 0 Å². The van der Waals surface area contributed by atoms with E-state index in [0.29, 0.717) is 10.4 Å². The number of hydrogen-bond acceptors (Lipinski definition) is 5. The smallest absolute Gasteiger partial charge is 0.266 e. The van der Waals surface area contributed by atoms with Crippen LogP contribution < -0.4 is 5.56 Å². The van der Waals surface area contributed by atoms with Gasteiger partial charge in [0.05, 0.1) is 4.70 Å². The zero-order chi connectivity index (χ0) is 12.9. The van der Waals surface area contributed by atoms with Crippen LogP contribution in [-0.2, 0) is 0 Å². The minimum absolute atomic E-state index is 0.0558. The summed E-state index contributed by atoms with van der Waals surface area (Å²) in [5, 5.41) is 15.5. The van der Waals surface area contributed by atoms with E-state index in [-0.39, 0.29) is 17.2 Å². The largest absolute Gasteiger partial charge is 0.386 e. The van der Waals surface area contributed by atoms with Gasteiger partial charge >= 0.3 is 0 Å². The molecule has 3 rings (SSSR count). The van der Waals surface area contributed by atoms with E-state index in [1.54, 1.807) is 0 Å². The second kappa shape index (κ2) is 3.86. The number of nitrogens with zero attached hydrogens (tertiary/aromatic N) is 1. The molecule has 92 valence electrons. The number of aromatic nitrogens is 1. The van der Waals surface area contributed by atoms with Crippen molar-refractivity contribution in [3.8, 4) is 0 Å². The fourth-order valence-corrected chi connectivity index (χ4v) is 3.22. The van der Waals surface area contributed by atoms with Gasteiger partial charge in [-0.2, -0.15) is 0 Å². The minimum Gasteiger partial charge on any atom is -0.386 e. The Morgan fingerprint density at radius 2 is 2.28 bits per heavy atom. The monoisotopic (exact) mass is 262 g/mol. The van der Waals surface area contributed by atoms with Gasteiger partial charge in [0.2, 0.25) is 0 Å². The highest BCUT2D eigenvalue weighted by Gasteiger charge is 2.30. The Hall–Kier alpha value is -1.79. The molecule has 0 radical (unpaired) electrons. The molecular weight excluding hydrogens is 252 g/mol. The Balaban J connectivity index is 2.42.